The van der Waals surface area contributed by atoms with Gasteiger partial charge in [-0.2, -0.15) is 0 Å². The van der Waals surface area contributed by atoms with Gasteiger partial charge in [-0.05, 0) is 60.8 Å². The number of halogens is 1. The molecule has 3 N–H and O–H groups in total. The molecule has 0 bridgehead atoms. The van der Waals surface area contributed by atoms with Gasteiger partial charge in [-0.25, -0.2) is 13.6 Å². The van der Waals surface area contributed by atoms with Gasteiger partial charge >= 0.3 is 0 Å². The molecule has 3 aromatic carbocycles. The molecule has 1 heterocycles. The summed E-state index contributed by atoms with van der Waals surface area (Å²) >= 11 is 6.41. The Morgan fingerprint density at radius 1 is 0.969 bits per heavy atom. The Balaban J connectivity index is 1.48. The molecule has 4 rings (SSSR count). The monoisotopic (exact) mass is 467 g/mol. The Morgan fingerprint density at radius 3 is 2.38 bits per heavy atom. The predicted molar refractivity (Wildman–Crippen MR) is 130 cm³/mol. The van der Waals surface area contributed by atoms with Crippen LogP contribution in [0.5, 0.6) is 0 Å². The molecule has 0 fully saturated rings. The lowest BCUT2D eigenvalue weighted by atomic mass is 10.1. The van der Waals surface area contributed by atoms with Gasteiger partial charge in [0.05, 0.1) is 4.90 Å². The fourth-order valence-electron chi connectivity index (χ4n) is 4.02. The lowest BCUT2D eigenvalue weighted by Crippen LogP contribution is -2.17. The Morgan fingerprint density at radius 2 is 1.66 bits per heavy atom. The summed E-state index contributed by atoms with van der Waals surface area (Å²) in [5.41, 5.74) is 5.84. The van der Waals surface area contributed by atoms with Crippen molar-refractivity contribution < 1.29 is 8.42 Å². The lowest BCUT2D eigenvalue weighted by Gasteiger charge is -2.11. The van der Waals surface area contributed by atoms with Crippen molar-refractivity contribution in [2.24, 2.45) is 5.14 Å². The minimum atomic E-state index is -3.66. The summed E-state index contributed by atoms with van der Waals surface area (Å²) in [5.74, 6) is 0. The topological polar surface area (TPSA) is 77.1 Å². The maximum absolute atomic E-state index is 11.4. The first-order valence-electron chi connectivity index (χ1n) is 10.5. The molecular formula is C25H26ClN3O2S. The van der Waals surface area contributed by atoms with E-state index in [1.165, 1.54) is 22.2 Å². The standard InChI is InChI=1S/C25H26ClN3O2S/c1-18-23(16-28-15-14-19-10-12-21(13-11-19)32(27,30)31)22-7-3-5-9-25(22)29(18)17-20-6-2-4-8-24(20)26/h2-13,28H,14-17H2,1H3,(H2,27,30,31). The summed E-state index contributed by atoms with van der Waals surface area (Å²) in [7, 11) is -3.66. The smallest absolute Gasteiger partial charge is 0.238 e. The number of para-hydroxylation sites is 1. The highest BCUT2D eigenvalue weighted by atomic mass is 35.5. The number of rotatable bonds is 8. The van der Waals surface area contributed by atoms with Crippen LogP contribution in [0.4, 0.5) is 0 Å². The predicted octanol–water partition coefficient (Wildman–Crippen LogP) is 4.63. The molecule has 0 spiro atoms. The number of nitrogens with two attached hydrogens (primary N) is 1. The second-order valence-corrected chi connectivity index (χ2v) is 9.84. The summed E-state index contributed by atoms with van der Waals surface area (Å²) in [5, 5.41) is 10.7. The molecule has 0 saturated carbocycles. The Labute approximate surface area is 193 Å². The van der Waals surface area contributed by atoms with Crippen molar-refractivity contribution in [1.82, 2.24) is 9.88 Å². The number of sulfonamides is 1. The van der Waals surface area contributed by atoms with Gasteiger partial charge in [-0.15, -0.1) is 0 Å². The molecule has 0 radical (unpaired) electrons. The van der Waals surface area contributed by atoms with Crippen LogP contribution in [0.2, 0.25) is 5.02 Å². The van der Waals surface area contributed by atoms with Crippen LogP contribution in [-0.2, 0) is 29.5 Å². The number of fused-ring (bicyclic) bond motifs is 1. The maximum atomic E-state index is 11.4. The minimum Gasteiger partial charge on any atom is -0.340 e. The summed E-state index contributed by atoms with van der Waals surface area (Å²) in [6, 6.07) is 23.1. The molecule has 7 heteroatoms. The Kier molecular flexibility index (Phi) is 6.67. The zero-order chi connectivity index (χ0) is 22.7. The number of primary sulfonamides is 1. The second-order valence-electron chi connectivity index (χ2n) is 7.87. The van der Waals surface area contributed by atoms with Crippen molar-refractivity contribution in [3.8, 4) is 0 Å². The van der Waals surface area contributed by atoms with Crippen molar-refractivity contribution in [3.05, 3.63) is 100 Å². The Bertz CT molecular complexity index is 1350. The highest BCUT2D eigenvalue weighted by Gasteiger charge is 2.14. The van der Waals surface area contributed by atoms with Crippen molar-refractivity contribution >= 4 is 32.5 Å². The van der Waals surface area contributed by atoms with Gasteiger partial charge in [-0.3, -0.25) is 0 Å². The van der Waals surface area contributed by atoms with Gasteiger partial charge in [0.15, 0.2) is 0 Å². The third-order valence-electron chi connectivity index (χ3n) is 5.79. The molecule has 4 aromatic rings. The molecule has 0 aliphatic carbocycles. The highest BCUT2D eigenvalue weighted by Crippen LogP contribution is 2.28. The first-order chi connectivity index (χ1) is 15.3. The van der Waals surface area contributed by atoms with Gasteiger partial charge in [0.1, 0.15) is 0 Å². The molecule has 0 saturated heterocycles. The third-order valence-corrected chi connectivity index (χ3v) is 7.09. The number of nitrogens with one attached hydrogen (secondary N) is 1. The van der Waals surface area contributed by atoms with Crippen LogP contribution in [0.1, 0.15) is 22.4 Å². The first-order valence-corrected chi connectivity index (χ1v) is 12.4. The van der Waals surface area contributed by atoms with Crippen molar-refractivity contribution in [1.29, 1.82) is 0 Å². The number of aromatic nitrogens is 1. The van der Waals surface area contributed by atoms with Gasteiger partial charge in [0.25, 0.3) is 0 Å². The zero-order valence-corrected chi connectivity index (χ0v) is 19.5. The number of benzene rings is 3. The fourth-order valence-corrected chi connectivity index (χ4v) is 4.73. The number of hydrogen-bond acceptors (Lipinski definition) is 3. The van der Waals surface area contributed by atoms with Crippen LogP contribution >= 0.6 is 11.6 Å². The molecule has 0 aliphatic heterocycles. The minimum absolute atomic E-state index is 0.135. The van der Waals surface area contributed by atoms with Gasteiger partial charge in [0.2, 0.25) is 10.0 Å². The second kappa shape index (κ2) is 9.46. The molecule has 1 aromatic heterocycles. The summed E-state index contributed by atoms with van der Waals surface area (Å²) in [6.07, 6.45) is 0.794. The van der Waals surface area contributed by atoms with E-state index in [1.807, 2.05) is 30.3 Å². The summed E-state index contributed by atoms with van der Waals surface area (Å²) < 4.78 is 25.1. The van der Waals surface area contributed by atoms with E-state index in [1.54, 1.807) is 12.1 Å². The van der Waals surface area contributed by atoms with E-state index in [9.17, 15) is 8.42 Å². The van der Waals surface area contributed by atoms with Crippen LogP contribution in [0.25, 0.3) is 10.9 Å². The van der Waals surface area contributed by atoms with Crippen molar-refractivity contribution in [2.75, 3.05) is 6.54 Å². The molecule has 0 unspecified atom stereocenters. The molecule has 0 amide bonds. The van der Waals surface area contributed by atoms with E-state index in [2.05, 4.69) is 47.1 Å². The van der Waals surface area contributed by atoms with Crippen LogP contribution in [0.15, 0.2) is 77.7 Å². The molecule has 0 atom stereocenters. The van der Waals surface area contributed by atoms with Crippen molar-refractivity contribution in [2.45, 2.75) is 31.3 Å². The zero-order valence-electron chi connectivity index (χ0n) is 17.9. The third kappa shape index (κ3) is 4.89. The van der Waals surface area contributed by atoms with E-state index >= 15 is 0 Å². The van der Waals surface area contributed by atoms with Crippen molar-refractivity contribution in [3.63, 3.8) is 0 Å². The molecule has 0 aliphatic rings. The maximum Gasteiger partial charge on any atom is 0.238 e. The van der Waals surface area contributed by atoms with Gasteiger partial charge < -0.3 is 9.88 Å². The van der Waals surface area contributed by atoms with Gasteiger partial charge in [0, 0.05) is 34.7 Å². The van der Waals surface area contributed by atoms with E-state index in [0.717, 1.165) is 42.2 Å². The highest BCUT2D eigenvalue weighted by molar-refractivity contribution is 7.89. The van der Waals surface area contributed by atoms with E-state index < -0.39 is 10.0 Å². The molecule has 5 nitrogen and oxygen atoms in total. The first kappa shape index (κ1) is 22.6. The fraction of sp³-hybridized carbons (Fsp3) is 0.200. The van der Waals surface area contributed by atoms with E-state index in [0.29, 0.717) is 0 Å². The molecular weight excluding hydrogens is 442 g/mol. The van der Waals surface area contributed by atoms with Crippen LogP contribution < -0.4 is 10.5 Å². The van der Waals surface area contributed by atoms with Gasteiger partial charge in [-0.1, -0.05) is 60.1 Å². The SMILES string of the molecule is Cc1c(CNCCc2ccc(S(N)(=O)=O)cc2)c2ccccc2n1Cc1ccccc1Cl. The molecule has 166 valence electrons. The number of hydrogen-bond donors (Lipinski definition) is 2. The quantitative estimate of drug-likeness (QED) is 0.371. The van der Waals surface area contributed by atoms with Crippen LogP contribution in [0, 0.1) is 6.92 Å². The van der Waals surface area contributed by atoms with Crippen LogP contribution in [0.3, 0.4) is 0 Å². The van der Waals surface area contributed by atoms with E-state index in [-0.39, 0.29) is 4.90 Å². The average Bonchev–Trinajstić information content (AvgIpc) is 3.04. The summed E-state index contributed by atoms with van der Waals surface area (Å²) in [6.45, 7) is 4.40. The normalized spacial score (nSPS) is 11.8. The van der Waals surface area contributed by atoms with E-state index in [4.69, 9.17) is 16.7 Å². The Hall–Kier alpha value is -2.64. The molecule has 32 heavy (non-hydrogen) atoms. The average molecular weight is 468 g/mol. The van der Waals surface area contributed by atoms with Crippen LogP contribution in [-0.4, -0.2) is 19.5 Å². The largest absolute Gasteiger partial charge is 0.340 e. The summed E-state index contributed by atoms with van der Waals surface area (Å²) in [4.78, 5) is 0.135. The lowest BCUT2D eigenvalue weighted by molar-refractivity contribution is 0.597. The number of nitrogens with zero attached hydrogens (tertiary/aromatic N) is 1.